The van der Waals surface area contributed by atoms with Gasteiger partial charge < -0.3 is 14.6 Å². The Morgan fingerprint density at radius 2 is 2.14 bits per heavy atom. The van der Waals surface area contributed by atoms with Gasteiger partial charge >= 0.3 is 0 Å². The summed E-state index contributed by atoms with van der Waals surface area (Å²) in [6, 6.07) is 9.34. The molecule has 2 aliphatic rings. The van der Waals surface area contributed by atoms with E-state index in [1.54, 1.807) is 42.9 Å². The molecule has 5 heterocycles. The third-order valence-electron chi connectivity index (χ3n) is 6.06. The zero-order valence-corrected chi connectivity index (χ0v) is 20.1. The van der Waals surface area contributed by atoms with Crippen molar-refractivity contribution in [3.8, 4) is 17.5 Å². The highest BCUT2D eigenvalue weighted by Gasteiger charge is 2.26. The van der Waals surface area contributed by atoms with Gasteiger partial charge in [-0.1, -0.05) is 0 Å². The SMILES string of the molecule is N#Cc1cc(CNCC2CCN(c3nccc(/C=C4\SC(=O)NC4=O)n3)CC2)cnc1-c1ccco1. The molecule has 0 unspecified atom stereocenters. The Morgan fingerprint density at radius 1 is 1.28 bits per heavy atom. The number of piperidine rings is 1. The summed E-state index contributed by atoms with van der Waals surface area (Å²) in [5.74, 6) is 1.33. The molecule has 182 valence electrons. The van der Waals surface area contributed by atoms with Crippen molar-refractivity contribution in [2.24, 2.45) is 5.92 Å². The topological polar surface area (TPSA) is 137 Å². The van der Waals surface area contributed by atoms with E-state index in [1.165, 1.54) is 0 Å². The fourth-order valence-corrected chi connectivity index (χ4v) is 4.87. The molecule has 2 amide bonds. The van der Waals surface area contributed by atoms with Gasteiger partial charge in [0.15, 0.2) is 5.76 Å². The van der Waals surface area contributed by atoms with Crippen molar-refractivity contribution in [2.75, 3.05) is 24.5 Å². The van der Waals surface area contributed by atoms with Crippen LogP contribution in [0.15, 0.2) is 52.2 Å². The molecular weight excluding hydrogens is 478 g/mol. The zero-order valence-electron chi connectivity index (χ0n) is 19.3. The van der Waals surface area contributed by atoms with Crippen LogP contribution in [0, 0.1) is 17.2 Å². The zero-order chi connectivity index (χ0) is 24.9. The standard InChI is InChI=1S/C25H23N7O3S/c26-12-18-10-17(15-29-22(18)20-2-1-9-35-20)14-27-13-16-4-7-32(8-5-16)24-28-6-3-19(30-24)11-21-23(33)31-25(34)36-21/h1-3,6,9-11,15-16,27H,4-5,7-8,13-14H2,(H,31,33,34)/b21-11-. The molecular formula is C25H23N7O3S. The summed E-state index contributed by atoms with van der Waals surface area (Å²) in [4.78, 5) is 39.0. The number of pyridine rings is 1. The number of amides is 2. The molecule has 10 nitrogen and oxygen atoms in total. The molecule has 2 saturated heterocycles. The minimum atomic E-state index is -0.397. The van der Waals surface area contributed by atoms with Crippen molar-refractivity contribution >= 4 is 34.9 Å². The second kappa shape index (κ2) is 10.7. The number of aromatic nitrogens is 3. The summed E-state index contributed by atoms with van der Waals surface area (Å²) in [6.45, 7) is 3.16. The lowest BCUT2D eigenvalue weighted by atomic mass is 9.97. The Balaban J connectivity index is 1.12. The Bertz CT molecular complexity index is 1340. The van der Waals surface area contributed by atoms with Crippen LogP contribution in [-0.4, -0.2) is 45.7 Å². The molecule has 3 aromatic rings. The fourth-order valence-electron chi connectivity index (χ4n) is 4.21. The first-order chi connectivity index (χ1) is 17.6. The Morgan fingerprint density at radius 3 is 2.86 bits per heavy atom. The van der Waals surface area contributed by atoms with Crippen LogP contribution in [-0.2, 0) is 11.3 Å². The second-order valence-electron chi connectivity index (χ2n) is 8.52. The summed E-state index contributed by atoms with van der Waals surface area (Å²) in [5.41, 5.74) is 2.60. The number of nitrogens with zero attached hydrogens (tertiary/aromatic N) is 5. The van der Waals surface area contributed by atoms with Gasteiger partial charge in [0.2, 0.25) is 5.95 Å². The molecule has 0 aliphatic carbocycles. The highest BCUT2D eigenvalue weighted by molar-refractivity contribution is 8.18. The maximum absolute atomic E-state index is 11.8. The van der Waals surface area contributed by atoms with E-state index < -0.39 is 5.91 Å². The van der Waals surface area contributed by atoms with Gasteiger partial charge in [0.05, 0.1) is 22.4 Å². The minimum absolute atomic E-state index is 0.335. The highest BCUT2D eigenvalue weighted by Crippen LogP contribution is 2.26. The predicted octanol–water partition coefficient (Wildman–Crippen LogP) is 3.33. The van der Waals surface area contributed by atoms with E-state index in [1.807, 2.05) is 6.07 Å². The molecule has 0 radical (unpaired) electrons. The Kier molecular flexibility index (Phi) is 7.06. The van der Waals surface area contributed by atoms with Gasteiger partial charge in [-0.15, -0.1) is 0 Å². The van der Waals surface area contributed by atoms with Crippen molar-refractivity contribution in [3.05, 3.63) is 64.6 Å². The monoisotopic (exact) mass is 501 g/mol. The van der Waals surface area contributed by atoms with Crippen LogP contribution in [0.1, 0.15) is 29.7 Å². The van der Waals surface area contributed by atoms with Gasteiger partial charge in [0, 0.05) is 32.0 Å². The Hall–Kier alpha value is -4.01. The molecule has 0 spiro atoms. The molecule has 2 fully saturated rings. The van der Waals surface area contributed by atoms with E-state index >= 15 is 0 Å². The van der Waals surface area contributed by atoms with Crippen LogP contribution in [0.25, 0.3) is 17.5 Å². The van der Waals surface area contributed by atoms with Crippen molar-refractivity contribution in [3.63, 3.8) is 0 Å². The van der Waals surface area contributed by atoms with E-state index in [0.29, 0.717) is 46.0 Å². The molecule has 2 N–H and O–H groups in total. The molecule has 2 aliphatic heterocycles. The number of furan rings is 1. The maximum atomic E-state index is 11.8. The number of carbonyl (C=O) groups excluding carboxylic acids is 2. The van der Waals surface area contributed by atoms with Crippen molar-refractivity contribution in [1.82, 2.24) is 25.6 Å². The Labute approximate surface area is 211 Å². The van der Waals surface area contributed by atoms with Crippen LogP contribution in [0.4, 0.5) is 10.7 Å². The molecule has 0 aromatic carbocycles. The normalized spacial score (nSPS) is 17.4. The van der Waals surface area contributed by atoms with Gasteiger partial charge in [-0.25, -0.2) is 9.97 Å². The lowest BCUT2D eigenvalue weighted by Crippen LogP contribution is -2.38. The third-order valence-corrected chi connectivity index (χ3v) is 6.87. The summed E-state index contributed by atoms with van der Waals surface area (Å²) in [6.07, 6.45) is 8.61. The van der Waals surface area contributed by atoms with Gasteiger partial charge in [-0.2, -0.15) is 5.26 Å². The summed E-state index contributed by atoms with van der Waals surface area (Å²) in [5, 5.41) is 14.9. The average Bonchev–Trinajstić information content (AvgIpc) is 3.54. The van der Waals surface area contributed by atoms with Crippen molar-refractivity contribution in [2.45, 2.75) is 19.4 Å². The van der Waals surface area contributed by atoms with E-state index in [-0.39, 0.29) is 5.24 Å². The van der Waals surface area contributed by atoms with Crippen LogP contribution < -0.4 is 15.5 Å². The van der Waals surface area contributed by atoms with E-state index in [4.69, 9.17) is 4.42 Å². The molecule has 11 heteroatoms. The fraction of sp³-hybridized carbons (Fsp3) is 0.280. The average molecular weight is 502 g/mol. The molecule has 5 rings (SSSR count). The maximum Gasteiger partial charge on any atom is 0.290 e. The first-order valence-electron chi connectivity index (χ1n) is 11.6. The van der Waals surface area contributed by atoms with Gasteiger partial charge in [0.25, 0.3) is 11.1 Å². The van der Waals surface area contributed by atoms with Crippen LogP contribution in [0.2, 0.25) is 0 Å². The number of carbonyl (C=O) groups is 2. The number of nitriles is 1. The summed E-state index contributed by atoms with van der Waals surface area (Å²) < 4.78 is 5.37. The van der Waals surface area contributed by atoms with Gasteiger partial charge in [0.1, 0.15) is 11.8 Å². The minimum Gasteiger partial charge on any atom is -0.463 e. The van der Waals surface area contributed by atoms with Gasteiger partial charge in [-0.3, -0.25) is 19.9 Å². The molecule has 36 heavy (non-hydrogen) atoms. The summed E-state index contributed by atoms with van der Waals surface area (Å²) >= 11 is 0.875. The quantitative estimate of drug-likeness (QED) is 0.464. The number of hydrogen-bond acceptors (Lipinski definition) is 10. The van der Waals surface area contributed by atoms with Crippen LogP contribution >= 0.6 is 11.8 Å². The smallest absolute Gasteiger partial charge is 0.290 e. The number of anilines is 1. The number of rotatable bonds is 7. The van der Waals surface area contributed by atoms with E-state index in [0.717, 1.165) is 49.8 Å². The predicted molar refractivity (Wildman–Crippen MR) is 134 cm³/mol. The first kappa shape index (κ1) is 23.7. The van der Waals surface area contributed by atoms with Crippen LogP contribution in [0.5, 0.6) is 0 Å². The molecule has 3 aromatic heterocycles. The molecule has 0 atom stereocenters. The number of thioether (sulfide) groups is 1. The third kappa shape index (κ3) is 5.45. The van der Waals surface area contributed by atoms with Crippen molar-refractivity contribution < 1.29 is 14.0 Å². The van der Waals surface area contributed by atoms with Crippen molar-refractivity contribution in [1.29, 1.82) is 5.26 Å². The number of hydrogen-bond donors (Lipinski definition) is 2. The first-order valence-corrected chi connectivity index (χ1v) is 12.4. The second-order valence-corrected chi connectivity index (χ2v) is 9.54. The number of imide groups is 1. The van der Waals surface area contributed by atoms with E-state index in [9.17, 15) is 14.9 Å². The number of nitrogens with one attached hydrogen (secondary N) is 2. The largest absolute Gasteiger partial charge is 0.463 e. The lowest BCUT2D eigenvalue weighted by molar-refractivity contribution is -0.115. The van der Waals surface area contributed by atoms with E-state index in [2.05, 4.69) is 36.6 Å². The molecule has 0 bridgehead atoms. The highest BCUT2D eigenvalue weighted by atomic mass is 32.2. The van der Waals surface area contributed by atoms with Gasteiger partial charge in [-0.05, 0) is 73.0 Å². The summed E-state index contributed by atoms with van der Waals surface area (Å²) in [7, 11) is 0. The van der Waals surface area contributed by atoms with Crippen LogP contribution in [0.3, 0.4) is 0 Å². The molecule has 0 saturated carbocycles. The lowest BCUT2D eigenvalue weighted by Gasteiger charge is -2.32.